The smallest absolute Gasteiger partial charge is 0.261 e. The van der Waals surface area contributed by atoms with E-state index in [0.29, 0.717) is 13.0 Å². The van der Waals surface area contributed by atoms with Crippen LogP contribution in [0.2, 0.25) is 0 Å². The van der Waals surface area contributed by atoms with Crippen LogP contribution in [0.1, 0.15) is 12.5 Å². The number of amides is 1. The van der Waals surface area contributed by atoms with Crippen molar-refractivity contribution in [3.8, 4) is 0 Å². The summed E-state index contributed by atoms with van der Waals surface area (Å²) in [7, 11) is -3.77. The van der Waals surface area contributed by atoms with Gasteiger partial charge in [0, 0.05) is 13.5 Å². The Morgan fingerprint density at radius 3 is 2.43 bits per heavy atom. The molecule has 2 aromatic rings. The monoisotopic (exact) mass is 336 g/mol. The second-order valence-corrected chi connectivity index (χ2v) is 6.68. The van der Waals surface area contributed by atoms with E-state index in [1.807, 2.05) is 0 Å². The average Bonchev–Trinajstić information content (AvgIpc) is 2.47. The summed E-state index contributed by atoms with van der Waals surface area (Å²) in [6, 6.07) is 11.6. The topological polar surface area (TPSA) is 75.3 Å². The Hall–Kier alpha value is -2.41. The van der Waals surface area contributed by atoms with Crippen molar-refractivity contribution in [1.29, 1.82) is 0 Å². The van der Waals surface area contributed by atoms with Gasteiger partial charge in [0.2, 0.25) is 5.91 Å². The van der Waals surface area contributed by atoms with Crippen LogP contribution in [-0.2, 0) is 21.2 Å². The lowest BCUT2D eigenvalue weighted by atomic mass is 10.1. The molecular formula is C16H17FN2O3S. The van der Waals surface area contributed by atoms with E-state index in [2.05, 4.69) is 10.0 Å². The number of hydrogen-bond donors (Lipinski definition) is 2. The number of rotatable bonds is 6. The van der Waals surface area contributed by atoms with Gasteiger partial charge in [0.05, 0.1) is 10.6 Å². The molecule has 0 aliphatic carbocycles. The first kappa shape index (κ1) is 17.0. The molecule has 0 fully saturated rings. The summed E-state index contributed by atoms with van der Waals surface area (Å²) in [6.07, 6.45) is 0.608. The minimum Gasteiger partial charge on any atom is -0.356 e. The molecule has 0 spiro atoms. The Morgan fingerprint density at radius 2 is 1.83 bits per heavy atom. The van der Waals surface area contributed by atoms with Gasteiger partial charge in [0.1, 0.15) is 5.82 Å². The van der Waals surface area contributed by atoms with Crippen molar-refractivity contribution in [3.63, 3.8) is 0 Å². The Balaban J connectivity index is 2.06. The predicted molar refractivity (Wildman–Crippen MR) is 86.0 cm³/mol. The van der Waals surface area contributed by atoms with E-state index in [1.54, 1.807) is 12.1 Å². The van der Waals surface area contributed by atoms with Gasteiger partial charge in [0.15, 0.2) is 0 Å². The molecule has 0 unspecified atom stereocenters. The molecule has 2 N–H and O–H groups in total. The zero-order valence-electron chi connectivity index (χ0n) is 12.5. The summed E-state index contributed by atoms with van der Waals surface area (Å²) in [5.74, 6) is -0.623. The molecule has 0 heterocycles. The molecule has 122 valence electrons. The van der Waals surface area contributed by atoms with Crippen molar-refractivity contribution in [2.75, 3.05) is 11.3 Å². The van der Waals surface area contributed by atoms with Crippen LogP contribution in [0.3, 0.4) is 0 Å². The normalized spacial score (nSPS) is 11.0. The van der Waals surface area contributed by atoms with Crippen LogP contribution in [0, 0.1) is 5.82 Å². The highest BCUT2D eigenvalue weighted by molar-refractivity contribution is 7.92. The molecule has 2 rings (SSSR count). The number of carbonyl (C=O) groups excluding carboxylic acids is 1. The lowest BCUT2D eigenvalue weighted by Gasteiger charge is -2.09. The van der Waals surface area contributed by atoms with E-state index in [4.69, 9.17) is 0 Å². The summed E-state index contributed by atoms with van der Waals surface area (Å²) < 4.78 is 39.9. The molecule has 0 aliphatic heterocycles. The van der Waals surface area contributed by atoms with Crippen LogP contribution in [0.4, 0.5) is 10.1 Å². The van der Waals surface area contributed by atoms with Crippen molar-refractivity contribution < 1.29 is 17.6 Å². The van der Waals surface area contributed by atoms with Gasteiger partial charge < -0.3 is 5.32 Å². The summed E-state index contributed by atoms with van der Waals surface area (Å²) in [5, 5.41) is 2.67. The fourth-order valence-corrected chi connectivity index (χ4v) is 3.03. The first-order valence-electron chi connectivity index (χ1n) is 6.98. The molecule has 2 aromatic carbocycles. The van der Waals surface area contributed by atoms with Crippen molar-refractivity contribution >= 4 is 21.6 Å². The number of nitrogens with one attached hydrogen (secondary N) is 2. The van der Waals surface area contributed by atoms with E-state index < -0.39 is 15.8 Å². The lowest BCUT2D eigenvalue weighted by molar-refractivity contribution is -0.118. The largest absolute Gasteiger partial charge is 0.356 e. The third kappa shape index (κ3) is 5.07. The third-order valence-corrected chi connectivity index (χ3v) is 4.50. The molecule has 23 heavy (non-hydrogen) atoms. The van der Waals surface area contributed by atoms with Crippen molar-refractivity contribution in [1.82, 2.24) is 5.32 Å². The number of halogens is 1. The minimum atomic E-state index is -3.77. The Morgan fingerprint density at radius 1 is 1.13 bits per heavy atom. The fraction of sp³-hybridized carbons (Fsp3) is 0.188. The molecule has 0 bridgehead atoms. The molecule has 0 atom stereocenters. The van der Waals surface area contributed by atoms with Crippen LogP contribution in [-0.4, -0.2) is 20.9 Å². The highest BCUT2D eigenvalue weighted by Gasteiger charge is 2.14. The maximum atomic E-state index is 13.1. The number of sulfonamides is 1. The van der Waals surface area contributed by atoms with Crippen molar-refractivity contribution in [2.24, 2.45) is 0 Å². The molecule has 0 aliphatic rings. The number of benzene rings is 2. The molecule has 0 radical (unpaired) electrons. The Kier molecular flexibility index (Phi) is 5.33. The average molecular weight is 336 g/mol. The number of anilines is 1. The van der Waals surface area contributed by atoms with E-state index in [-0.39, 0.29) is 16.5 Å². The maximum absolute atomic E-state index is 13.1. The van der Waals surface area contributed by atoms with Gasteiger partial charge in [-0.05, 0) is 42.3 Å². The quantitative estimate of drug-likeness (QED) is 0.850. The van der Waals surface area contributed by atoms with E-state index in [9.17, 15) is 17.6 Å². The van der Waals surface area contributed by atoms with E-state index >= 15 is 0 Å². The molecular weight excluding hydrogens is 319 g/mol. The van der Waals surface area contributed by atoms with Crippen molar-refractivity contribution in [2.45, 2.75) is 18.2 Å². The lowest BCUT2D eigenvalue weighted by Crippen LogP contribution is -2.22. The van der Waals surface area contributed by atoms with E-state index in [0.717, 1.165) is 11.6 Å². The van der Waals surface area contributed by atoms with Crippen molar-refractivity contribution in [3.05, 3.63) is 59.9 Å². The van der Waals surface area contributed by atoms with Gasteiger partial charge in [-0.15, -0.1) is 0 Å². The standard InChI is InChI=1S/C16H17FN2O3S/c1-12(20)18-10-9-13-5-7-16(8-6-13)23(21,22)19-15-4-2-3-14(17)11-15/h2-8,11,19H,9-10H2,1H3,(H,18,20). The highest BCUT2D eigenvalue weighted by atomic mass is 32.2. The summed E-state index contributed by atoms with van der Waals surface area (Å²) in [4.78, 5) is 10.9. The number of hydrogen-bond acceptors (Lipinski definition) is 3. The molecule has 5 nitrogen and oxygen atoms in total. The summed E-state index contributed by atoms with van der Waals surface area (Å²) in [6.45, 7) is 1.93. The van der Waals surface area contributed by atoms with Crippen LogP contribution >= 0.6 is 0 Å². The Labute approximate surface area is 134 Å². The first-order valence-corrected chi connectivity index (χ1v) is 8.47. The first-order chi connectivity index (χ1) is 10.9. The molecule has 7 heteroatoms. The molecule has 0 saturated heterocycles. The van der Waals surface area contributed by atoms with Crippen LogP contribution < -0.4 is 10.0 Å². The van der Waals surface area contributed by atoms with Gasteiger partial charge in [-0.25, -0.2) is 12.8 Å². The second-order valence-electron chi connectivity index (χ2n) is 4.99. The van der Waals surface area contributed by atoms with Crippen LogP contribution in [0.5, 0.6) is 0 Å². The second kappa shape index (κ2) is 7.23. The third-order valence-electron chi connectivity index (χ3n) is 3.10. The predicted octanol–water partition coefficient (Wildman–Crippen LogP) is 2.31. The highest BCUT2D eigenvalue weighted by Crippen LogP contribution is 2.17. The SMILES string of the molecule is CC(=O)NCCc1ccc(S(=O)(=O)Nc2cccc(F)c2)cc1. The number of carbonyl (C=O) groups is 1. The fourth-order valence-electron chi connectivity index (χ4n) is 1.98. The summed E-state index contributed by atoms with van der Waals surface area (Å²) in [5.41, 5.74) is 1.07. The van der Waals surface area contributed by atoms with Gasteiger partial charge in [-0.2, -0.15) is 0 Å². The van der Waals surface area contributed by atoms with Crippen LogP contribution in [0.15, 0.2) is 53.4 Å². The van der Waals surface area contributed by atoms with Gasteiger partial charge in [-0.3, -0.25) is 9.52 Å². The zero-order chi connectivity index (χ0) is 16.9. The van der Waals surface area contributed by atoms with Gasteiger partial charge in [-0.1, -0.05) is 18.2 Å². The minimum absolute atomic E-state index is 0.0880. The molecule has 0 saturated carbocycles. The van der Waals surface area contributed by atoms with E-state index in [1.165, 1.54) is 37.3 Å². The maximum Gasteiger partial charge on any atom is 0.261 e. The molecule has 1 amide bonds. The van der Waals surface area contributed by atoms with Gasteiger partial charge in [0.25, 0.3) is 10.0 Å². The molecule has 0 aromatic heterocycles. The van der Waals surface area contributed by atoms with Crippen LogP contribution in [0.25, 0.3) is 0 Å². The van der Waals surface area contributed by atoms with Gasteiger partial charge >= 0.3 is 0 Å². The Bertz CT molecular complexity index is 789. The summed E-state index contributed by atoms with van der Waals surface area (Å²) >= 11 is 0. The zero-order valence-corrected chi connectivity index (χ0v) is 13.4.